The number of aromatic nitrogens is 2. The van der Waals surface area contributed by atoms with Gasteiger partial charge in [-0.2, -0.15) is 5.10 Å². The van der Waals surface area contributed by atoms with Gasteiger partial charge in [0.25, 0.3) is 0 Å². The Labute approximate surface area is 116 Å². The molecular formula is C14H16N4O2. The highest BCUT2D eigenvalue weighted by atomic mass is 16.5. The lowest BCUT2D eigenvalue weighted by Gasteiger charge is -2.27. The zero-order valence-electron chi connectivity index (χ0n) is 11.0. The summed E-state index contributed by atoms with van der Waals surface area (Å²) in [5.74, 6) is 0. The lowest BCUT2D eigenvalue weighted by Crippen LogP contribution is -2.43. The van der Waals surface area contributed by atoms with Gasteiger partial charge in [-0.3, -0.25) is 0 Å². The van der Waals surface area contributed by atoms with Crippen molar-refractivity contribution in [1.29, 1.82) is 0 Å². The van der Waals surface area contributed by atoms with Gasteiger partial charge < -0.3 is 15.0 Å². The zero-order chi connectivity index (χ0) is 13.8. The molecule has 1 fully saturated rings. The minimum atomic E-state index is -0.104. The Bertz CT molecular complexity index is 577. The van der Waals surface area contributed by atoms with Crippen LogP contribution in [0.2, 0.25) is 0 Å². The standard InChI is InChI=1S/C14H16N4O2/c19-14(17-8-10-20-11-9-17)16-12-4-1-2-5-13(12)18-7-3-6-15-18/h1-7H,8-11H2,(H,16,19). The fraction of sp³-hybridized carbons (Fsp3) is 0.286. The van der Waals surface area contributed by atoms with E-state index in [4.69, 9.17) is 4.74 Å². The van der Waals surface area contributed by atoms with Crippen molar-refractivity contribution >= 4 is 11.7 Å². The highest BCUT2D eigenvalue weighted by Crippen LogP contribution is 2.19. The van der Waals surface area contributed by atoms with Gasteiger partial charge in [0, 0.05) is 25.5 Å². The van der Waals surface area contributed by atoms with E-state index in [9.17, 15) is 4.79 Å². The van der Waals surface area contributed by atoms with Crippen LogP contribution in [-0.4, -0.2) is 47.0 Å². The van der Waals surface area contributed by atoms with Crippen LogP contribution in [0.3, 0.4) is 0 Å². The summed E-state index contributed by atoms with van der Waals surface area (Å²) < 4.78 is 6.98. The number of amides is 2. The molecule has 0 atom stereocenters. The first-order chi connectivity index (χ1) is 9.84. The van der Waals surface area contributed by atoms with E-state index in [1.54, 1.807) is 15.8 Å². The number of hydrogen-bond donors (Lipinski definition) is 1. The predicted molar refractivity (Wildman–Crippen MR) is 75.0 cm³/mol. The Balaban J connectivity index is 1.79. The maximum absolute atomic E-state index is 12.2. The van der Waals surface area contributed by atoms with Crippen LogP contribution in [0.25, 0.3) is 5.69 Å². The summed E-state index contributed by atoms with van der Waals surface area (Å²) in [6, 6.07) is 9.34. The van der Waals surface area contributed by atoms with Crippen molar-refractivity contribution in [3.8, 4) is 5.69 Å². The molecule has 6 heteroatoms. The molecule has 1 aliphatic rings. The molecule has 1 N–H and O–H groups in total. The molecule has 1 saturated heterocycles. The molecule has 20 heavy (non-hydrogen) atoms. The molecule has 1 aromatic heterocycles. The Kier molecular flexibility index (Phi) is 3.64. The molecule has 104 valence electrons. The van der Waals surface area contributed by atoms with Crippen LogP contribution in [0, 0.1) is 0 Å². The fourth-order valence-electron chi connectivity index (χ4n) is 2.15. The van der Waals surface area contributed by atoms with Gasteiger partial charge in [0.05, 0.1) is 24.6 Å². The number of ether oxygens (including phenoxy) is 1. The van der Waals surface area contributed by atoms with Crippen molar-refractivity contribution in [2.24, 2.45) is 0 Å². The molecule has 0 unspecified atom stereocenters. The van der Waals surface area contributed by atoms with Crippen LogP contribution in [-0.2, 0) is 4.74 Å². The average molecular weight is 272 g/mol. The van der Waals surface area contributed by atoms with Gasteiger partial charge in [-0.1, -0.05) is 12.1 Å². The third-order valence-corrected chi connectivity index (χ3v) is 3.20. The third-order valence-electron chi connectivity index (χ3n) is 3.20. The predicted octanol–water partition coefficient (Wildman–Crippen LogP) is 1.74. The number of morpholine rings is 1. The number of urea groups is 1. The van der Waals surface area contributed by atoms with Gasteiger partial charge in [-0.05, 0) is 18.2 Å². The highest BCUT2D eigenvalue weighted by Gasteiger charge is 2.17. The Hall–Kier alpha value is -2.34. The van der Waals surface area contributed by atoms with Gasteiger partial charge in [0.15, 0.2) is 0 Å². The summed E-state index contributed by atoms with van der Waals surface area (Å²) in [5.41, 5.74) is 1.59. The number of carbonyl (C=O) groups excluding carboxylic acids is 1. The first-order valence-corrected chi connectivity index (χ1v) is 6.57. The van der Waals surface area contributed by atoms with Crippen molar-refractivity contribution in [1.82, 2.24) is 14.7 Å². The highest BCUT2D eigenvalue weighted by molar-refractivity contribution is 5.91. The number of anilines is 1. The van der Waals surface area contributed by atoms with Crippen LogP contribution < -0.4 is 5.32 Å². The lowest BCUT2D eigenvalue weighted by molar-refractivity contribution is 0.0564. The van der Waals surface area contributed by atoms with E-state index in [0.29, 0.717) is 26.3 Å². The molecule has 1 aromatic carbocycles. The van der Waals surface area contributed by atoms with Gasteiger partial charge >= 0.3 is 6.03 Å². The van der Waals surface area contributed by atoms with Crippen molar-refractivity contribution in [3.05, 3.63) is 42.7 Å². The smallest absolute Gasteiger partial charge is 0.322 e. The first-order valence-electron chi connectivity index (χ1n) is 6.57. The van der Waals surface area contributed by atoms with Crippen LogP contribution in [0.4, 0.5) is 10.5 Å². The second-order valence-corrected chi connectivity index (χ2v) is 4.50. The molecule has 2 amide bonds. The molecule has 6 nitrogen and oxygen atoms in total. The van der Waals surface area contributed by atoms with Gasteiger partial charge in [0.2, 0.25) is 0 Å². The largest absolute Gasteiger partial charge is 0.378 e. The van der Waals surface area contributed by atoms with E-state index in [-0.39, 0.29) is 6.03 Å². The number of para-hydroxylation sites is 2. The fourth-order valence-corrected chi connectivity index (χ4v) is 2.15. The molecule has 0 bridgehead atoms. The summed E-state index contributed by atoms with van der Waals surface area (Å²) >= 11 is 0. The van der Waals surface area contributed by atoms with Crippen molar-refractivity contribution in [3.63, 3.8) is 0 Å². The number of nitrogens with one attached hydrogen (secondary N) is 1. The van der Waals surface area contributed by atoms with E-state index in [1.807, 2.05) is 36.5 Å². The third kappa shape index (κ3) is 2.65. The van der Waals surface area contributed by atoms with Crippen molar-refractivity contribution in [2.45, 2.75) is 0 Å². The normalized spacial score (nSPS) is 15.1. The molecule has 2 aromatic rings. The topological polar surface area (TPSA) is 59.4 Å². The average Bonchev–Trinajstić information content (AvgIpc) is 3.03. The molecule has 0 spiro atoms. The number of hydrogen-bond acceptors (Lipinski definition) is 3. The van der Waals surface area contributed by atoms with E-state index >= 15 is 0 Å². The summed E-state index contributed by atoms with van der Waals surface area (Å²) in [4.78, 5) is 14.0. The first kappa shape index (κ1) is 12.7. The number of benzene rings is 1. The summed E-state index contributed by atoms with van der Waals surface area (Å²) in [6.45, 7) is 2.42. The minimum absolute atomic E-state index is 0.104. The SMILES string of the molecule is O=C(Nc1ccccc1-n1cccn1)N1CCOCC1. The van der Waals surface area contributed by atoms with E-state index < -0.39 is 0 Å². The second-order valence-electron chi connectivity index (χ2n) is 4.50. The van der Waals surface area contributed by atoms with E-state index in [0.717, 1.165) is 11.4 Å². The van der Waals surface area contributed by atoms with Crippen LogP contribution >= 0.6 is 0 Å². The minimum Gasteiger partial charge on any atom is -0.378 e. The molecule has 0 radical (unpaired) electrons. The molecule has 0 aliphatic carbocycles. The van der Waals surface area contributed by atoms with Gasteiger partial charge in [-0.25, -0.2) is 9.48 Å². The summed E-state index contributed by atoms with van der Waals surface area (Å²) in [5, 5.41) is 7.14. The molecule has 0 saturated carbocycles. The van der Waals surface area contributed by atoms with E-state index in [2.05, 4.69) is 10.4 Å². The van der Waals surface area contributed by atoms with Crippen molar-refractivity contribution < 1.29 is 9.53 Å². The molecular weight excluding hydrogens is 256 g/mol. The molecule has 2 heterocycles. The Morgan fingerprint density at radius 3 is 2.75 bits per heavy atom. The van der Waals surface area contributed by atoms with E-state index in [1.165, 1.54) is 0 Å². The summed E-state index contributed by atoms with van der Waals surface area (Å²) in [7, 11) is 0. The second kappa shape index (κ2) is 5.75. The number of nitrogens with zero attached hydrogens (tertiary/aromatic N) is 3. The number of carbonyl (C=O) groups is 1. The van der Waals surface area contributed by atoms with Gasteiger partial charge in [-0.15, -0.1) is 0 Å². The maximum atomic E-state index is 12.2. The molecule has 3 rings (SSSR count). The van der Waals surface area contributed by atoms with Crippen LogP contribution in [0.1, 0.15) is 0 Å². The quantitative estimate of drug-likeness (QED) is 0.905. The number of rotatable bonds is 2. The zero-order valence-corrected chi connectivity index (χ0v) is 11.0. The Morgan fingerprint density at radius 2 is 2.00 bits per heavy atom. The lowest BCUT2D eigenvalue weighted by atomic mass is 10.2. The Morgan fingerprint density at radius 1 is 1.20 bits per heavy atom. The molecule has 1 aliphatic heterocycles. The van der Waals surface area contributed by atoms with Crippen LogP contribution in [0.5, 0.6) is 0 Å². The monoisotopic (exact) mass is 272 g/mol. The maximum Gasteiger partial charge on any atom is 0.322 e. The summed E-state index contributed by atoms with van der Waals surface area (Å²) in [6.07, 6.45) is 3.56. The van der Waals surface area contributed by atoms with Crippen LogP contribution in [0.15, 0.2) is 42.7 Å². The van der Waals surface area contributed by atoms with Gasteiger partial charge in [0.1, 0.15) is 0 Å². The van der Waals surface area contributed by atoms with Crippen molar-refractivity contribution in [2.75, 3.05) is 31.6 Å².